The molecule has 1 fully saturated rings. The fraction of sp³-hybridized carbons (Fsp3) is 0.867. The lowest BCUT2D eigenvalue weighted by Crippen LogP contribution is -2.43. The summed E-state index contributed by atoms with van der Waals surface area (Å²) >= 11 is 0. The molecule has 20 heavy (non-hydrogen) atoms. The highest BCUT2D eigenvalue weighted by Crippen LogP contribution is 2.22. The van der Waals surface area contributed by atoms with Crippen LogP contribution in [0.15, 0.2) is 0 Å². The molecule has 0 bridgehead atoms. The van der Waals surface area contributed by atoms with Crippen LogP contribution in [-0.2, 0) is 19.1 Å². The molecule has 0 heterocycles. The summed E-state index contributed by atoms with van der Waals surface area (Å²) in [6.07, 6.45) is 7.10. The summed E-state index contributed by atoms with van der Waals surface area (Å²) in [6.45, 7) is 2.69. The molecule has 0 atom stereocenters. The lowest BCUT2D eigenvalue weighted by Gasteiger charge is -2.31. The Morgan fingerprint density at radius 2 is 1.80 bits per heavy atom. The van der Waals surface area contributed by atoms with Crippen LogP contribution in [0.4, 0.5) is 0 Å². The minimum absolute atomic E-state index is 0.0244. The fourth-order valence-electron chi connectivity index (χ4n) is 2.73. The number of ether oxygens (including phenoxy) is 2. The van der Waals surface area contributed by atoms with Gasteiger partial charge in [0.15, 0.2) is 0 Å². The summed E-state index contributed by atoms with van der Waals surface area (Å²) < 4.78 is 9.89. The van der Waals surface area contributed by atoms with Gasteiger partial charge in [-0.15, -0.1) is 0 Å². The van der Waals surface area contributed by atoms with Gasteiger partial charge in [-0.05, 0) is 19.8 Å². The molecule has 5 nitrogen and oxygen atoms in total. The molecule has 0 spiro atoms. The van der Waals surface area contributed by atoms with E-state index in [0.29, 0.717) is 13.2 Å². The predicted molar refractivity (Wildman–Crippen MR) is 76.3 cm³/mol. The molecule has 1 aliphatic carbocycles. The summed E-state index contributed by atoms with van der Waals surface area (Å²) in [5.41, 5.74) is 0. The lowest BCUT2D eigenvalue weighted by molar-refractivity contribution is -0.145. The van der Waals surface area contributed by atoms with E-state index in [4.69, 9.17) is 9.47 Å². The molecule has 5 heteroatoms. The zero-order valence-corrected chi connectivity index (χ0v) is 12.7. The van der Waals surface area contributed by atoms with Gasteiger partial charge in [0.05, 0.1) is 13.0 Å². The van der Waals surface area contributed by atoms with Crippen molar-refractivity contribution < 1.29 is 19.1 Å². The minimum atomic E-state index is -0.240. The summed E-state index contributed by atoms with van der Waals surface area (Å²) in [7, 11) is 1.52. The molecule has 0 aliphatic heterocycles. The second-order valence-electron chi connectivity index (χ2n) is 5.22. The number of hydrogen-bond acceptors (Lipinski definition) is 4. The first kappa shape index (κ1) is 17.0. The summed E-state index contributed by atoms with van der Waals surface area (Å²) in [4.78, 5) is 25.5. The SMILES string of the molecule is CCOC(=O)CCN(C(=O)COC)C1CCCCCC1. The first-order chi connectivity index (χ1) is 9.69. The minimum Gasteiger partial charge on any atom is -0.466 e. The van der Waals surface area contributed by atoms with Gasteiger partial charge < -0.3 is 14.4 Å². The Morgan fingerprint density at radius 3 is 2.35 bits per heavy atom. The first-order valence-electron chi connectivity index (χ1n) is 7.63. The van der Waals surface area contributed by atoms with Crippen molar-refractivity contribution in [2.24, 2.45) is 0 Å². The van der Waals surface area contributed by atoms with Gasteiger partial charge in [-0.3, -0.25) is 9.59 Å². The van der Waals surface area contributed by atoms with Gasteiger partial charge in [-0.1, -0.05) is 25.7 Å². The van der Waals surface area contributed by atoms with Gasteiger partial charge in [-0.2, -0.15) is 0 Å². The third kappa shape index (κ3) is 5.90. The molecule has 0 aromatic carbocycles. The van der Waals surface area contributed by atoms with Crippen LogP contribution in [0.2, 0.25) is 0 Å². The van der Waals surface area contributed by atoms with Crippen LogP contribution < -0.4 is 0 Å². The highest BCUT2D eigenvalue weighted by molar-refractivity contribution is 5.78. The quantitative estimate of drug-likeness (QED) is 0.531. The number of rotatable bonds is 7. The van der Waals surface area contributed by atoms with Crippen molar-refractivity contribution in [3.8, 4) is 0 Å². The number of nitrogens with zero attached hydrogens (tertiary/aromatic N) is 1. The van der Waals surface area contributed by atoms with E-state index in [1.54, 1.807) is 6.92 Å². The maximum atomic E-state index is 12.2. The van der Waals surface area contributed by atoms with E-state index in [-0.39, 0.29) is 30.9 Å². The lowest BCUT2D eigenvalue weighted by atomic mass is 10.1. The monoisotopic (exact) mass is 285 g/mol. The Kier molecular flexibility index (Phi) is 8.26. The highest BCUT2D eigenvalue weighted by atomic mass is 16.5. The van der Waals surface area contributed by atoms with Gasteiger partial charge in [0.25, 0.3) is 0 Å². The normalized spacial score (nSPS) is 16.5. The topological polar surface area (TPSA) is 55.8 Å². The van der Waals surface area contributed by atoms with Crippen LogP contribution in [0.25, 0.3) is 0 Å². The second kappa shape index (κ2) is 9.75. The molecule has 1 saturated carbocycles. The first-order valence-corrected chi connectivity index (χ1v) is 7.63. The summed E-state index contributed by atoms with van der Waals surface area (Å²) in [5, 5.41) is 0. The van der Waals surface area contributed by atoms with Crippen LogP contribution in [-0.4, -0.2) is 49.7 Å². The van der Waals surface area contributed by atoms with E-state index < -0.39 is 0 Å². The maximum Gasteiger partial charge on any atom is 0.307 e. The summed E-state index contributed by atoms with van der Waals surface area (Å²) in [5.74, 6) is -0.264. The molecule has 1 aliphatic rings. The molecule has 0 aromatic rings. The number of methoxy groups -OCH3 is 1. The van der Waals surface area contributed by atoms with Gasteiger partial charge in [0.1, 0.15) is 6.61 Å². The van der Waals surface area contributed by atoms with Crippen LogP contribution in [0.1, 0.15) is 51.9 Å². The zero-order chi connectivity index (χ0) is 14.8. The van der Waals surface area contributed by atoms with Crippen LogP contribution in [0, 0.1) is 0 Å². The molecule has 1 rings (SSSR count). The van der Waals surface area contributed by atoms with E-state index in [1.165, 1.54) is 20.0 Å². The van der Waals surface area contributed by atoms with Crippen molar-refractivity contribution in [2.75, 3.05) is 26.9 Å². The molecule has 0 N–H and O–H groups in total. The van der Waals surface area contributed by atoms with Crippen LogP contribution >= 0.6 is 0 Å². The molecule has 116 valence electrons. The van der Waals surface area contributed by atoms with Gasteiger partial charge in [0, 0.05) is 19.7 Å². The number of hydrogen-bond donors (Lipinski definition) is 0. The maximum absolute atomic E-state index is 12.2. The second-order valence-corrected chi connectivity index (χ2v) is 5.22. The average Bonchev–Trinajstić information content (AvgIpc) is 2.69. The Hall–Kier alpha value is -1.10. The molecular formula is C15H27NO4. The fourth-order valence-corrected chi connectivity index (χ4v) is 2.73. The van der Waals surface area contributed by atoms with Crippen molar-refractivity contribution in [1.82, 2.24) is 4.90 Å². The van der Waals surface area contributed by atoms with Gasteiger partial charge >= 0.3 is 5.97 Å². The Labute approximate surface area is 121 Å². The van der Waals surface area contributed by atoms with Crippen molar-refractivity contribution in [3.63, 3.8) is 0 Å². The average molecular weight is 285 g/mol. The molecule has 0 unspecified atom stereocenters. The number of esters is 1. The third-order valence-electron chi connectivity index (χ3n) is 3.72. The third-order valence-corrected chi connectivity index (χ3v) is 3.72. The number of amides is 1. The van der Waals surface area contributed by atoms with E-state index in [1.807, 2.05) is 4.90 Å². The van der Waals surface area contributed by atoms with Crippen LogP contribution in [0.3, 0.4) is 0 Å². The Bertz CT molecular complexity index is 298. The van der Waals surface area contributed by atoms with Gasteiger partial charge in [0.2, 0.25) is 5.91 Å². The Morgan fingerprint density at radius 1 is 1.15 bits per heavy atom. The molecular weight excluding hydrogens is 258 g/mol. The van der Waals surface area contributed by atoms with Gasteiger partial charge in [-0.25, -0.2) is 0 Å². The smallest absolute Gasteiger partial charge is 0.307 e. The van der Waals surface area contributed by atoms with Crippen molar-refractivity contribution in [1.29, 1.82) is 0 Å². The van der Waals surface area contributed by atoms with Crippen molar-refractivity contribution in [3.05, 3.63) is 0 Å². The molecule has 0 aromatic heterocycles. The van der Waals surface area contributed by atoms with E-state index in [2.05, 4.69) is 0 Å². The van der Waals surface area contributed by atoms with Crippen molar-refractivity contribution >= 4 is 11.9 Å². The van der Waals surface area contributed by atoms with E-state index in [9.17, 15) is 9.59 Å². The summed E-state index contributed by atoms with van der Waals surface area (Å²) in [6, 6.07) is 0.245. The van der Waals surface area contributed by atoms with E-state index in [0.717, 1.165) is 25.7 Å². The van der Waals surface area contributed by atoms with Crippen LogP contribution in [0.5, 0.6) is 0 Å². The largest absolute Gasteiger partial charge is 0.466 e. The predicted octanol–water partition coefficient (Wildman–Crippen LogP) is 2.14. The standard InChI is InChI=1S/C15H27NO4/c1-3-20-15(18)10-11-16(14(17)12-19-2)13-8-6-4-5-7-9-13/h13H,3-12H2,1-2H3. The number of carbonyl (C=O) groups is 2. The van der Waals surface area contributed by atoms with E-state index >= 15 is 0 Å². The Balaban J connectivity index is 2.58. The zero-order valence-electron chi connectivity index (χ0n) is 12.7. The molecule has 0 radical (unpaired) electrons. The molecule has 1 amide bonds. The van der Waals surface area contributed by atoms with Crippen molar-refractivity contribution in [2.45, 2.75) is 57.9 Å². The molecule has 0 saturated heterocycles. The highest BCUT2D eigenvalue weighted by Gasteiger charge is 2.25. The number of carbonyl (C=O) groups excluding carboxylic acids is 2.